The van der Waals surface area contributed by atoms with E-state index in [0.29, 0.717) is 0 Å². The zero-order valence-corrected chi connectivity index (χ0v) is 6.64. The van der Waals surface area contributed by atoms with Gasteiger partial charge in [-0.15, -0.1) is 0 Å². The molecule has 1 rings (SSSR count). The van der Waals surface area contributed by atoms with E-state index < -0.39 is 0 Å². The fourth-order valence-corrected chi connectivity index (χ4v) is 1.33. The Balaban J connectivity index is 2.25. The maximum absolute atomic E-state index is 5.83. The van der Waals surface area contributed by atoms with Crippen molar-refractivity contribution < 1.29 is 0 Å². The first kappa shape index (κ1) is 7.98. The molecular weight excluding hydrogens is 126 g/mol. The number of nitrogens with one attached hydrogen (secondary N) is 1. The lowest BCUT2D eigenvalue weighted by Gasteiger charge is -2.33. The SMILES string of the molecule is CCCN1CCNCC1N. The molecule has 1 unspecified atom stereocenters. The van der Waals surface area contributed by atoms with Crippen LogP contribution < -0.4 is 11.1 Å². The molecule has 1 aliphatic heterocycles. The lowest BCUT2D eigenvalue weighted by Crippen LogP contribution is -2.55. The van der Waals surface area contributed by atoms with Crippen molar-refractivity contribution in [3.05, 3.63) is 0 Å². The molecular formula is C7H17N3. The summed E-state index contributed by atoms with van der Waals surface area (Å²) in [4.78, 5) is 2.33. The van der Waals surface area contributed by atoms with E-state index in [1.54, 1.807) is 0 Å². The zero-order valence-electron chi connectivity index (χ0n) is 6.64. The molecule has 0 aromatic heterocycles. The van der Waals surface area contributed by atoms with Crippen molar-refractivity contribution in [2.45, 2.75) is 19.5 Å². The highest BCUT2D eigenvalue weighted by molar-refractivity contribution is 4.73. The maximum atomic E-state index is 5.83. The highest BCUT2D eigenvalue weighted by Gasteiger charge is 2.15. The number of hydrogen-bond acceptors (Lipinski definition) is 3. The van der Waals surface area contributed by atoms with Crippen LogP contribution >= 0.6 is 0 Å². The van der Waals surface area contributed by atoms with Crippen LogP contribution in [-0.2, 0) is 0 Å². The highest BCUT2D eigenvalue weighted by atomic mass is 15.3. The third-order valence-corrected chi connectivity index (χ3v) is 1.91. The molecule has 0 bridgehead atoms. The Bertz CT molecular complexity index is 92.9. The molecule has 1 aliphatic rings. The van der Waals surface area contributed by atoms with E-state index in [9.17, 15) is 0 Å². The van der Waals surface area contributed by atoms with Crippen LogP contribution in [-0.4, -0.2) is 37.2 Å². The molecule has 0 aromatic carbocycles. The Morgan fingerprint density at radius 2 is 2.50 bits per heavy atom. The van der Waals surface area contributed by atoms with Gasteiger partial charge in [0.05, 0.1) is 6.17 Å². The average Bonchev–Trinajstić information content (AvgIpc) is 1.94. The van der Waals surface area contributed by atoms with E-state index in [2.05, 4.69) is 17.1 Å². The van der Waals surface area contributed by atoms with E-state index in [0.717, 1.165) is 26.2 Å². The second-order valence-electron chi connectivity index (χ2n) is 2.81. The molecule has 0 spiro atoms. The molecule has 1 fully saturated rings. The van der Waals surface area contributed by atoms with Gasteiger partial charge in [0.25, 0.3) is 0 Å². The van der Waals surface area contributed by atoms with Gasteiger partial charge in [0, 0.05) is 19.6 Å². The second kappa shape index (κ2) is 3.91. The van der Waals surface area contributed by atoms with Crippen molar-refractivity contribution in [2.24, 2.45) is 5.73 Å². The van der Waals surface area contributed by atoms with Crippen molar-refractivity contribution in [1.82, 2.24) is 10.2 Å². The van der Waals surface area contributed by atoms with E-state index in [1.807, 2.05) is 0 Å². The van der Waals surface area contributed by atoms with Gasteiger partial charge in [0.15, 0.2) is 0 Å². The molecule has 0 radical (unpaired) electrons. The Labute approximate surface area is 62.6 Å². The van der Waals surface area contributed by atoms with E-state index in [4.69, 9.17) is 5.73 Å². The van der Waals surface area contributed by atoms with Crippen LogP contribution in [0, 0.1) is 0 Å². The van der Waals surface area contributed by atoms with Crippen LogP contribution in [0.1, 0.15) is 13.3 Å². The van der Waals surface area contributed by atoms with Crippen molar-refractivity contribution in [3.8, 4) is 0 Å². The molecule has 3 heteroatoms. The summed E-state index contributed by atoms with van der Waals surface area (Å²) in [7, 11) is 0. The smallest absolute Gasteiger partial charge is 0.0700 e. The lowest BCUT2D eigenvalue weighted by molar-refractivity contribution is 0.165. The topological polar surface area (TPSA) is 41.3 Å². The predicted molar refractivity (Wildman–Crippen MR) is 42.7 cm³/mol. The van der Waals surface area contributed by atoms with E-state index in [-0.39, 0.29) is 6.17 Å². The molecule has 0 amide bonds. The van der Waals surface area contributed by atoms with E-state index in [1.165, 1.54) is 6.42 Å². The Hall–Kier alpha value is -0.120. The summed E-state index contributed by atoms with van der Waals surface area (Å²) in [5.41, 5.74) is 5.83. The number of rotatable bonds is 2. The van der Waals surface area contributed by atoms with Gasteiger partial charge in [0.1, 0.15) is 0 Å². The molecule has 1 heterocycles. The Morgan fingerprint density at radius 1 is 1.70 bits per heavy atom. The van der Waals surface area contributed by atoms with Gasteiger partial charge in [-0.05, 0) is 13.0 Å². The fourth-order valence-electron chi connectivity index (χ4n) is 1.33. The van der Waals surface area contributed by atoms with Crippen LogP contribution in [0.3, 0.4) is 0 Å². The monoisotopic (exact) mass is 143 g/mol. The quantitative estimate of drug-likeness (QED) is 0.552. The molecule has 0 aromatic rings. The molecule has 10 heavy (non-hydrogen) atoms. The van der Waals surface area contributed by atoms with Crippen LogP contribution in [0.25, 0.3) is 0 Å². The summed E-state index contributed by atoms with van der Waals surface area (Å²) in [6, 6.07) is 0. The summed E-state index contributed by atoms with van der Waals surface area (Å²) < 4.78 is 0. The Morgan fingerprint density at radius 3 is 3.10 bits per heavy atom. The molecule has 60 valence electrons. The molecule has 1 atom stereocenters. The molecule has 1 saturated heterocycles. The summed E-state index contributed by atoms with van der Waals surface area (Å²) in [6.07, 6.45) is 1.45. The van der Waals surface area contributed by atoms with Crippen molar-refractivity contribution in [1.29, 1.82) is 0 Å². The molecule has 0 aliphatic carbocycles. The van der Waals surface area contributed by atoms with Crippen molar-refractivity contribution >= 4 is 0 Å². The summed E-state index contributed by atoms with van der Waals surface area (Å²) in [5, 5.41) is 3.26. The fraction of sp³-hybridized carbons (Fsp3) is 1.00. The number of nitrogens with two attached hydrogens (primary N) is 1. The average molecular weight is 143 g/mol. The molecule has 3 nitrogen and oxygen atoms in total. The minimum absolute atomic E-state index is 0.244. The number of hydrogen-bond donors (Lipinski definition) is 2. The molecule has 3 N–H and O–H groups in total. The van der Waals surface area contributed by atoms with E-state index >= 15 is 0 Å². The first-order valence-electron chi connectivity index (χ1n) is 4.05. The predicted octanol–water partition coefficient (Wildman–Crippen LogP) is -0.414. The van der Waals surface area contributed by atoms with Crippen LogP contribution in [0.15, 0.2) is 0 Å². The highest BCUT2D eigenvalue weighted by Crippen LogP contribution is 1.97. The Kier molecular flexibility index (Phi) is 3.12. The van der Waals surface area contributed by atoms with Gasteiger partial charge < -0.3 is 11.1 Å². The van der Waals surface area contributed by atoms with Gasteiger partial charge in [-0.3, -0.25) is 4.90 Å². The zero-order chi connectivity index (χ0) is 7.40. The van der Waals surface area contributed by atoms with Gasteiger partial charge in [0.2, 0.25) is 0 Å². The normalized spacial score (nSPS) is 28.8. The number of nitrogens with zero attached hydrogens (tertiary/aromatic N) is 1. The lowest BCUT2D eigenvalue weighted by atomic mass is 10.3. The number of piperazine rings is 1. The first-order chi connectivity index (χ1) is 4.84. The largest absolute Gasteiger partial charge is 0.315 e. The minimum Gasteiger partial charge on any atom is -0.315 e. The third-order valence-electron chi connectivity index (χ3n) is 1.91. The third kappa shape index (κ3) is 1.94. The van der Waals surface area contributed by atoms with Crippen LogP contribution in [0.4, 0.5) is 0 Å². The van der Waals surface area contributed by atoms with Gasteiger partial charge in [-0.1, -0.05) is 6.92 Å². The minimum atomic E-state index is 0.244. The second-order valence-corrected chi connectivity index (χ2v) is 2.81. The molecule has 0 saturated carbocycles. The van der Waals surface area contributed by atoms with Crippen molar-refractivity contribution in [3.63, 3.8) is 0 Å². The summed E-state index contributed by atoms with van der Waals surface area (Å²) >= 11 is 0. The van der Waals surface area contributed by atoms with Crippen LogP contribution in [0.2, 0.25) is 0 Å². The van der Waals surface area contributed by atoms with Gasteiger partial charge >= 0.3 is 0 Å². The standard InChI is InChI=1S/C7H17N3/c1-2-4-10-5-3-9-6-7(10)8/h7,9H,2-6,8H2,1H3. The summed E-state index contributed by atoms with van der Waals surface area (Å²) in [6.45, 7) is 6.47. The van der Waals surface area contributed by atoms with Crippen molar-refractivity contribution in [2.75, 3.05) is 26.2 Å². The summed E-state index contributed by atoms with van der Waals surface area (Å²) in [5.74, 6) is 0. The van der Waals surface area contributed by atoms with Gasteiger partial charge in [-0.25, -0.2) is 0 Å². The van der Waals surface area contributed by atoms with Gasteiger partial charge in [-0.2, -0.15) is 0 Å². The maximum Gasteiger partial charge on any atom is 0.0700 e. The first-order valence-corrected chi connectivity index (χ1v) is 4.05. The van der Waals surface area contributed by atoms with Crippen LogP contribution in [0.5, 0.6) is 0 Å².